The Morgan fingerprint density at radius 2 is 2.18 bits per heavy atom. The van der Waals surface area contributed by atoms with E-state index >= 15 is 0 Å². The molecule has 1 N–H and O–H groups in total. The van der Waals surface area contributed by atoms with Gasteiger partial charge in [0.15, 0.2) is 0 Å². The van der Waals surface area contributed by atoms with Crippen LogP contribution in [-0.4, -0.2) is 32.4 Å². The van der Waals surface area contributed by atoms with Crippen molar-refractivity contribution in [2.45, 2.75) is 4.90 Å². The van der Waals surface area contributed by atoms with Crippen LogP contribution in [0.15, 0.2) is 23.1 Å². The number of ether oxygens (including phenoxy) is 1. The first-order valence-corrected chi connectivity index (χ1v) is 7.93. The Morgan fingerprint density at radius 1 is 1.47 bits per heavy atom. The van der Waals surface area contributed by atoms with Crippen molar-refractivity contribution >= 4 is 44.8 Å². The maximum absolute atomic E-state index is 10.3. The average molecular weight is 390 g/mol. The van der Waals surface area contributed by atoms with Crippen LogP contribution < -0.4 is 4.74 Å². The lowest BCUT2D eigenvalue weighted by molar-refractivity contribution is 0.285. The summed E-state index contributed by atoms with van der Waals surface area (Å²) in [5.74, 6) is 1.23. The Hall–Kier alpha value is -0.0300. The molecule has 0 saturated heterocycles. The number of thioether (sulfide) groups is 1. The number of rotatable bonds is 6. The van der Waals surface area contributed by atoms with Gasteiger partial charge in [-0.15, -0.1) is 11.8 Å². The molecule has 0 saturated carbocycles. The summed E-state index contributed by atoms with van der Waals surface area (Å²) in [4.78, 5) is 0.981. The van der Waals surface area contributed by atoms with Crippen LogP contribution in [0.25, 0.3) is 0 Å². The quantitative estimate of drug-likeness (QED) is 0.348. The number of hydrogen-bond donors (Lipinski definition) is 1. The molecule has 0 aliphatic heterocycles. The molecule has 1 rings (SSSR count). The smallest absolute Gasteiger partial charge is 0.397 e. The average Bonchev–Trinajstić information content (AvgIpc) is 2.23. The van der Waals surface area contributed by atoms with Crippen molar-refractivity contribution < 1.29 is 21.9 Å². The van der Waals surface area contributed by atoms with Gasteiger partial charge in [0.1, 0.15) is 5.75 Å². The molecule has 1 aromatic rings. The molecule has 0 heterocycles. The van der Waals surface area contributed by atoms with Crippen LogP contribution >= 0.6 is 34.4 Å². The molecule has 0 radical (unpaired) electrons. The van der Waals surface area contributed by atoms with Crippen molar-refractivity contribution in [3.63, 3.8) is 0 Å². The van der Waals surface area contributed by atoms with E-state index in [9.17, 15) is 8.42 Å². The molecule has 0 spiro atoms. The fourth-order valence-corrected chi connectivity index (χ4v) is 3.15. The van der Waals surface area contributed by atoms with Gasteiger partial charge in [0, 0.05) is 10.6 Å². The highest BCUT2D eigenvalue weighted by Crippen LogP contribution is 2.26. The van der Waals surface area contributed by atoms with Crippen LogP contribution in [0, 0.1) is 3.57 Å². The van der Waals surface area contributed by atoms with E-state index in [1.165, 1.54) is 11.8 Å². The lowest BCUT2D eigenvalue weighted by Gasteiger charge is -2.05. The maximum Gasteiger partial charge on any atom is 0.397 e. The van der Waals surface area contributed by atoms with Gasteiger partial charge in [-0.2, -0.15) is 8.42 Å². The predicted molar refractivity (Wildman–Crippen MR) is 73.9 cm³/mol. The standard InChI is InChI=1S/C9H11IO5S2/c1-14-9-3-2-7(6-8(9)10)16-5-4-15-17(11,12)13/h2-3,6H,4-5H2,1H3,(H,11,12,13). The highest BCUT2D eigenvalue weighted by Gasteiger charge is 2.05. The highest BCUT2D eigenvalue weighted by molar-refractivity contribution is 14.1. The van der Waals surface area contributed by atoms with Gasteiger partial charge >= 0.3 is 10.4 Å². The van der Waals surface area contributed by atoms with E-state index in [0.29, 0.717) is 5.75 Å². The number of methoxy groups -OCH3 is 1. The largest absolute Gasteiger partial charge is 0.496 e. The van der Waals surface area contributed by atoms with Crippen molar-refractivity contribution in [1.29, 1.82) is 0 Å². The second-order valence-electron chi connectivity index (χ2n) is 2.89. The van der Waals surface area contributed by atoms with Gasteiger partial charge in [-0.3, -0.25) is 4.55 Å². The van der Waals surface area contributed by atoms with Gasteiger partial charge in [0.25, 0.3) is 0 Å². The molecule has 0 aliphatic rings. The third kappa shape index (κ3) is 5.91. The second-order valence-corrected chi connectivity index (χ2v) is 6.32. The van der Waals surface area contributed by atoms with Gasteiger partial charge in [-0.1, -0.05) is 0 Å². The normalized spacial score (nSPS) is 11.5. The zero-order valence-corrected chi connectivity index (χ0v) is 12.7. The summed E-state index contributed by atoms with van der Waals surface area (Å²) in [6.45, 7) is -0.0634. The maximum atomic E-state index is 10.3. The first kappa shape index (κ1) is 15.0. The fraction of sp³-hybridized carbons (Fsp3) is 0.333. The minimum atomic E-state index is -4.33. The van der Waals surface area contributed by atoms with Crippen LogP contribution in [0.1, 0.15) is 0 Å². The van der Waals surface area contributed by atoms with Crippen LogP contribution in [0.4, 0.5) is 0 Å². The Morgan fingerprint density at radius 3 is 2.71 bits per heavy atom. The molecule has 0 bridgehead atoms. The first-order valence-electron chi connectivity index (χ1n) is 4.50. The summed E-state index contributed by atoms with van der Waals surface area (Å²) in [7, 11) is -2.73. The Balaban J connectivity index is 2.45. The van der Waals surface area contributed by atoms with Gasteiger partial charge in [0.2, 0.25) is 0 Å². The molecule has 5 nitrogen and oxygen atoms in total. The van der Waals surface area contributed by atoms with Gasteiger partial charge < -0.3 is 4.74 Å². The molecule has 0 amide bonds. The van der Waals surface area contributed by atoms with Crippen LogP contribution in [0.3, 0.4) is 0 Å². The van der Waals surface area contributed by atoms with Crippen molar-refractivity contribution in [2.75, 3.05) is 19.5 Å². The molecule has 17 heavy (non-hydrogen) atoms. The summed E-state index contributed by atoms with van der Waals surface area (Å²) in [6.07, 6.45) is 0. The van der Waals surface area contributed by atoms with E-state index in [1.54, 1.807) is 7.11 Å². The van der Waals surface area contributed by atoms with E-state index in [1.807, 2.05) is 18.2 Å². The monoisotopic (exact) mass is 390 g/mol. The van der Waals surface area contributed by atoms with E-state index in [0.717, 1.165) is 14.2 Å². The summed E-state index contributed by atoms with van der Waals surface area (Å²) in [6, 6.07) is 5.64. The molecule has 8 heteroatoms. The molecule has 96 valence electrons. The molecule has 0 aromatic heterocycles. The third-order valence-electron chi connectivity index (χ3n) is 1.71. The van der Waals surface area contributed by atoms with E-state index < -0.39 is 10.4 Å². The Bertz CT molecular complexity index is 474. The topological polar surface area (TPSA) is 72.8 Å². The molecule has 0 unspecified atom stereocenters. The summed E-state index contributed by atoms with van der Waals surface area (Å²) in [5, 5.41) is 0. The van der Waals surface area contributed by atoms with Gasteiger partial charge in [-0.05, 0) is 40.8 Å². The van der Waals surface area contributed by atoms with Crippen LogP contribution in [0.5, 0.6) is 5.75 Å². The molecule has 1 aromatic carbocycles. The van der Waals surface area contributed by atoms with Gasteiger partial charge in [0.05, 0.1) is 17.3 Å². The lowest BCUT2D eigenvalue weighted by Crippen LogP contribution is -2.06. The van der Waals surface area contributed by atoms with Crippen LogP contribution in [0.2, 0.25) is 0 Å². The van der Waals surface area contributed by atoms with Crippen molar-refractivity contribution in [3.8, 4) is 5.75 Å². The molecule has 0 atom stereocenters. The van der Waals surface area contributed by atoms with E-state index in [-0.39, 0.29) is 6.61 Å². The zero-order valence-electron chi connectivity index (χ0n) is 8.92. The lowest BCUT2D eigenvalue weighted by atomic mass is 10.3. The molecular weight excluding hydrogens is 379 g/mol. The number of benzene rings is 1. The van der Waals surface area contributed by atoms with Crippen molar-refractivity contribution in [2.24, 2.45) is 0 Å². The van der Waals surface area contributed by atoms with Crippen molar-refractivity contribution in [3.05, 3.63) is 21.8 Å². The van der Waals surface area contributed by atoms with Gasteiger partial charge in [-0.25, -0.2) is 4.18 Å². The summed E-state index contributed by atoms with van der Waals surface area (Å²) in [5.41, 5.74) is 0. The minimum Gasteiger partial charge on any atom is -0.496 e. The fourth-order valence-electron chi connectivity index (χ4n) is 1.04. The second kappa shape index (κ2) is 6.78. The SMILES string of the molecule is COc1ccc(SCCOS(=O)(=O)O)cc1I. The number of hydrogen-bond acceptors (Lipinski definition) is 5. The Kier molecular flexibility index (Phi) is 6.00. The predicted octanol–water partition coefficient (Wildman–Crippen LogP) is 2.21. The molecule has 0 fully saturated rings. The minimum absolute atomic E-state index is 0.0634. The van der Waals surface area contributed by atoms with Crippen LogP contribution in [-0.2, 0) is 14.6 Å². The van der Waals surface area contributed by atoms with E-state index in [4.69, 9.17) is 9.29 Å². The molecular formula is C9H11IO5S2. The third-order valence-corrected chi connectivity index (χ3v) is 3.97. The first-order chi connectivity index (χ1) is 7.92. The van der Waals surface area contributed by atoms with E-state index in [2.05, 4.69) is 26.8 Å². The zero-order chi connectivity index (χ0) is 12.9. The summed E-state index contributed by atoms with van der Waals surface area (Å²) < 4.78 is 39.2. The van der Waals surface area contributed by atoms with Crippen molar-refractivity contribution in [1.82, 2.24) is 0 Å². The Labute approximate surface area is 118 Å². The highest BCUT2D eigenvalue weighted by atomic mass is 127. The summed E-state index contributed by atoms with van der Waals surface area (Å²) >= 11 is 3.59. The number of halogens is 1. The molecule has 0 aliphatic carbocycles.